The first-order valence-electron chi connectivity index (χ1n) is 6.82. The summed E-state index contributed by atoms with van der Waals surface area (Å²) in [6.07, 6.45) is 6.34. The normalized spacial score (nSPS) is 12.9. The molecule has 8 nitrogen and oxygen atoms in total. The van der Waals surface area contributed by atoms with Crippen LogP contribution in [0.1, 0.15) is 41.7 Å². The molecule has 0 saturated heterocycles. The first-order chi connectivity index (χ1) is 10.3. The van der Waals surface area contributed by atoms with Crippen LogP contribution in [0.2, 0.25) is 0 Å². The number of aromatic carboxylic acids is 1. The van der Waals surface area contributed by atoms with Crippen LogP contribution in [-0.2, 0) is 6.54 Å². The molecule has 22 heavy (non-hydrogen) atoms. The van der Waals surface area contributed by atoms with Crippen molar-refractivity contribution in [3.05, 3.63) is 36.4 Å². The first-order valence-corrected chi connectivity index (χ1v) is 6.82. The van der Waals surface area contributed by atoms with E-state index in [0.717, 1.165) is 0 Å². The molecule has 3 N–H and O–H groups in total. The molecule has 1 unspecified atom stereocenters. The Hall–Kier alpha value is -2.64. The Morgan fingerprint density at radius 1 is 1.45 bits per heavy atom. The third-order valence-electron chi connectivity index (χ3n) is 3.37. The highest BCUT2D eigenvalue weighted by molar-refractivity contribution is 6.02. The minimum absolute atomic E-state index is 0.118. The Bertz CT molecular complexity index is 654. The lowest BCUT2D eigenvalue weighted by atomic mass is 9.86. The predicted molar refractivity (Wildman–Crippen MR) is 78.5 cm³/mol. The molecule has 0 aromatic carbocycles. The lowest BCUT2D eigenvalue weighted by molar-refractivity contribution is 0.0683. The molecule has 0 spiro atoms. The van der Waals surface area contributed by atoms with Gasteiger partial charge in [-0.25, -0.2) is 14.8 Å². The van der Waals surface area contributed by atoms with Gasteiger partial charge >= 0.3 is 5.97 Å². The van der Waals surface area contributed by atoms with Crippen molar-refractivity contribution in [1.29, 1.82) is 0 Å². The third kappa shape index (κ3) is 3.51. The van der Waals surface area contributed by atoms with E-state index in [1.165, 1.54) is 6.33 Å². The van der Waals surface area contributed by atoms with Crippen molar-refractivity contribution in [2.75, 3.05) is 0 Å². The molecule has 0 aliphatic rings. The number of nitrogens with zero attached hydrogens (tertiary/aromatic N) is 3. The second kappa shape index (κ2) is 6.00. The molecule has 2 aromatic rings. The van der Waals surface area contributed by atoms with E-state index in [1.807, 2.05) is 31.5 Å². The van der Waals surface area contributed by atoms with Crippen molar-refractivity contribution < 1.29 is 14.7 Å². The van der Waals surface area contributed by atoms with Gasteiger partial charge in [0.2, 0.25) is 0 Å². The molecule has 1 atom stereocenters. The number of carboxylic acids is 1. The summed E-state index contributed by atoms with van der Waals surface area (Å²) in [6.45, 7) is 6.52. The summed E-state index contributed by atoms with van der Waals surface area (Å²) in [4.78, 5) is 33.6. The van der Waals surface area contributed by atoms with Crippen LogP contribution in [0, 0.1) is 5.41 Å². The molecule has 2 heterocycles. The number of amides is 1. The maximum Gasteiger partial charge on any atom is 0.354 e. The number of imidazole rings is 2. The van der Waals surface area contributed by atoms with E-state index < -0.39 is 11.9 Å². The van der Waals surface area contributed by atoms with Crippen LogP contribution in [0.25, 0.3) is 0 Å². The fourth-order valence-corrected chi connectivity index (χ4v) is 2.00. The lowest BCUT2D eigenvalue weighted by Gasteiger charge is -2.31. The minimum atomic E-state index is -1.22. The van der Waals surface area contributed by atoms with E-state index in [4.69, 9.17) is 5.11 Å². The maximum absolute atomic E-state index is 12.3. The SMILES string of the molecule is CC(C)(C)C(Cn1ccnc1)NC(=O)c1nc[nH]c1C(=O)O. The van der Waals surface area contributed by atoms with E-state index in [2.05, 4.69) is 20.3 Å². The highest BCUT2D eigenvalue weighted by atomic mass is 16.4. The number of aromatic nitrogens is 4. The van der Waals surface area contributed by atoms with Gasteiger partial charge in [-0.2, -0.15) is 0 Å². The topological polar surface area (TPSA) is 113 Å². The fourth-order valence-electron chi connectivity index (χ4n) is 2.00. The summed E-state index contributed by atoms with van der Waals surface area (Å²) in [5.41, 5.74) is -0.556. The summed E-state index contributed by atoms with van der Waals surface area (Å²) in [5, 5.41) is 11.9. The Morgan fingerprint density at radius 2 is 2.18 bits per heavy atom. The number of carbonyl (C=O) groups is 2. The number of H-pyrrole nitrogens is 1. The van der Waals surface area contributed by atoms with Crippen LogP contribution < -0.4 is 5.32 Å². The van der Waals surface area contributed by atoms with Gasteiger partial charge in [0.1, 0.15) is 0 Å². The Balaban J connectivity index is 2.18. The van der Waals surface area contributed by atoms with Crippen LogP contribution in [0.4, 0.5) is 0 Å². The summed E-state index contributed by atoms with van der Waals surface area (Å²) < 4.78 is 1.86. The zero-order valence-electron chi connectivity index (χ0n) is 12.7. The zero-order valence-corrected chi connectivity index (χ0v) is 12.7. The summed E-state index contributed by atoms with van der Waals surface area (Å²) in [6, 6.07) is -0.215. The van der Waals surface area contributed by atoms with E-state index >= 15 is 0 Å². The first kappa shape index (κ1) is 15.7. The fraction of sp³-hybridized carbons (Fsp3) is 0.429. The third-order valence-corrected chi connectivity index (χ3v) is 3.37. The molecule has 0 radical (unpaired) electrons. The van der Waals surface area contributed by atoms with Crippen molar-refractivity contribution in [3.63, 3.8) is 0 Å². The molecular weight excluding hydrogens is 286 g/mol. The van der Waals surface area contributed by atoms with Gasteiger partial charge < -0.3 is 20.0 Å². The minimum Gasteiger partial charge on any atom is -0.477 e. The molecule has 0 bridgehead atoms. The number of hydrogen-bond acceptors (Lipinski definition) is 4. The zero-order chi connectivity index (χ0) is 16.3. The Labute approximate surface area is 127 Å². The largest absolute Gasteiger partial charge is 0.477 e. The lowest BCUT2D eigenvalue weighted by Crippen LogP contribution is -2.46. The molecule has 2 aromatic heterocycles. The van der Waals surface area contributed by atoms with Gasteiger partial charge in [0, 0.05) is 18.9 Å². The highest BCUT2D eigenvalue weighted by Gasteiger charge is 2.29. The molecule has 1 amide bonds. The number of rotatable bonds is 5. The van der Waals surface area contributed by atoms with Crippen molar-refractivity contribution in [1.82, 2.24) is 24.8 Å². The van der Waals surface area contributed by atoms with Crippen molar-refractivity contribution >= 4 is 11.9 Å². The number of nitrogens with one attached hydrogen (secondary N) is 2. The smallest absolute Gasteiger partial charge is 0.354 e. The average molecular weight is 305 g/mol. The van der Waals surface area contributed by atoms with Gasteiger partial charge in [0.05, 0.1) is 18.7 Å². The predicted octanol–water partition coefficient (Wildman–Crippen LogP) is 1.15. The monoisotopic (exact) mass is 305 g/mol. The second-order valence-electron chi connectivity index (χ2n) is 6.08. The van der Waals surface area contributed by atoms with Crippen LogP contribution in [0.5, 0.6) is 0 Å². The number of carbonyl (C=O) groups excluding carboxylic acids is 1. The van der Waals surface area contributed by atoms with Gasteiger partial charge in [-0.1, -0.05) is 20.8 Å². The van der Waals surface area contributed by atoms with E-state index in [1.54, 1.807) is 12.5 Å². The van der Waals surface area contributed by atoms with Gasteiger partial charge in [0.25, 0.3) is 5.91 Å². The highest BCUT2D eigenvalue weighted by Crippen LogP contribution is 2.21. The van der Waals surface area contributed by atoms with Gasteiger partial charge in [-0.3, -0.25) is 4.79 Å². The quantitative estimate of drug-likeness (QED) is 0.767. The van der Waals surface area contributed by atoms with E-state index in [0.29, 0.717) is 6.54 Å². The van der Waals surface area contributed by atoms with Crippen molar-refractivity contribution in [2.45, 2.75) is 33.4 Å². The standard InChI is InChI=1S/C14H19N5O3/c1-14(2,3)9(6-19-5-4-15-8-19)18-12(20)10-11(13(21)22)17-7-16-10/h4-5,7-9H,6H2,1-3H3,(H,16,17)(H,18,20)(H,21,22). The maximum atomic E-state index is 12.3. The summed E-state index contributed by atoms with van der Waals surface area (Å²) in [7, 11) is 0. The number of carboxylic acid groups (broad SMARTS) is 1. The number of aromatic amines is 1. The molecule has 0 aliphatic carbocycles. The molecule has 0 saturated carbocycles. The Morgan fingerprint density at radius 3 is 2.73 bits per heavy atom. The van der Waals surface area contributed by atoms with Crippen LogP contribution >= 0.6 is 0 Å². The summed E-state index contributed by atoms with van der Waals surface area (Å²) >= 11 is 0. The number of hydrogen-bond donors (Lipinski definition) is 3. The molecule has 8 heteroatoms. The summed E-state index contributed by atoms with van der Waals surface area (Å²) in [5.74, 6) is -1.73. The van der Waals surface area contributed by atoms with Gasteiger partial charge in [-0.05, 0) is 5.41 Å². The van der Waals surface area contributed by atoms with Crippen molar-refractivity contribution in [3.8, 4) is 0 Å². The van der Waals surface area contributed by atoms with Gasteiger partial charge in [0.15, 0.2) is 11.4 Å². The van der Waals surface area contributed by atoms with Crippen LogP contribution in [-0.4, -0.2) is 42.5 Å². The van der Waals surface area contributed by atoms with Crippen molar-refractivity contribution in [2.24, 2.45) is 5.41 Å². The average Bonchev–Trinajstić information content (AvgIpc) is 3.07. The van der Waals surface area contributed by atoms with Crippen LogP contribution in [0.3, 0.4) is 0 Å². The molecule has 0 aliphatic heterocycles. The molecular formula is C14H19N5O3. The van der Waals surface area contributed by atoms with Crippen LogP contribution in [0.15, 0.2) is 25.0 Å². The van der Waals surface area contributed by atoms with E-state index in [9.17, 15) is 9.59 Å². The molecule has 2 rings (SSSR count). The Kier molecular flexibility index (Phi) is 4.30. The van der Waals surface area contributed by atoms with E-state index in [-0.39, 0.29) is 22.8 Å². The molecule has 118 valence electrons. The molecule has 0 fully saturated rings. The second-order valence-corrected chi connectivity index (χ2v) is 6.08. The van der Waals surface area contributed by atoms with Gasteiger partial charge in [-0.15, -0.1) is 0 Å².